The summed E-state index contributed by atoms with van der Waals surface area (Å²) in [6, 6.07) is 0. The average Bonchev–Trinajstić information content (AvgIpc) is 2.10. The molecule has 13 heavy (non-hydrogen) atoms. The lowest BCUT2D eigenvalue weighted by molar-refractivity contribution is -0.132. The zero-order valence-electron chi connectivity index (χ0n) is 8.25. The average molecular weight is 182 g/mol. The van der Waals surface area contributed by atoms with E-state index >= 15 is 0 Å². The second kappa shape index (κ2) is 7.59. The second-order valence-corrected chi connectivity index (χ2v) is 3.02. The van der Waals surface area contributed by atoms with Crippen molar-refractivity contribution in [3.63, 3.8) is 0 Å². The van der Waals surface area contributed by atoms with E-state index in [1.165, 1.54) is 0 Å². The molecule has 0 aliphatic heterocycles. The largest absolute Gasteiger partial charge is 0.478 e. The molecule has 0 aromatic heterocycles. The fourth-order valence-electron chi connectivity index (χ4n) is 1.09. The van der Waals surface area contributed by atoms with E-state index in [1.54, 1.807) is 12.2 Å². The molecule has 2 nitrogen and oxygen atoms in total. The molecule has 0 saturated carbocycles. The first-order valence-electron chi connectivity index (χ1n) is 4.75. The highest BCUT2D eigenvalue weighted by atomic mass is 16.4. The Hall–Kier alpha value is -1.05. The maximum atomic E-state index is 10.7. The van der Waals surface area contributed by atoms with Crippen molar-refractivity contribution in [3.05, 3.63) is 24.3 Å². The molecule has 0 amide bonds. The topological polar surface area (TPSA) is 37.3 Å². The molecule has 0 rings (SSSR count). The molecule has 0 unspecified atom stereocenters. The lowest BCUT2D eigenvalue weighted by Gasteiger charge is -2.00. The minimum absolute atomic E-state index is 0.522. The Kier molecular flexibility index (Phi) is 6.98. The van der Waals surface area contributed by atoms with Crippen LogP contribution in [-0.2, 0) is 4.79 Å². The Bertz CT molecular complexity index is 192. The standard InChI is InChI=1S/C11H18O2/c1-3-5-7-9-10(11(12)13)8-6-4-2/h4,8H,2-3,5-7,9H2,1H3,(H,12,13)/b10-8-. The molecule has 0 aromatic rings. The van der Waals surface area contributed by atoms with Gasteiger partial charge in [-0.1, -0.05) is 31.9 Å². The van der Waals surface area contributed by atoms with Gasteiger partial charge in [-0.2, -0.15) is 0 Å². The van der Waals surface area contributed by atoms with Crippen LogP contribution in [0, 0.1) is 0 Å². The zero-order valence-corrected chi connectivity index (χ0v) is 8.25. The Morgan fingerprint density at radius 1 is 1.46 bits per heavy atom. The lowest BCUT2D eigenvalue weighted by Crippen LogP contribution is -2.00. The van der Waals surface area contributed by atoms with Crippen molar-refractivity contribution in [1.29, 1.82) is 0 Å². The van der Waals surface area contributed by atoms with Gasteiger partial charge in [-0.15, -0.1) is 6.58 Å². The van der Waals surface area contributed by atoms with Crippen LogP contribution in [0.5, 0.6) is 0 Å². The number of unbranched alkanes of at least 4 members (excludes halogenated alkanes) is 2. The summed E-state index contributed by atoms with van der Waals surface area (Å²) in [4.78, 5) is 10.7. The van der Waals surface area contributed by atoms with Gasteiger partial charge in [-0.05, 0) is 19.3 Å². The minimum atomic E-state index is -0.794. The van der Waals surface area contributed by atoms with Gasteiger partial charge in [0.25, 0.3) is 0 Å². The third-order valence-electron chi connectivity index (χ3n) is 1.86. The van der Waals surface area contributed by atoms with E-state index in [-0.39, 0.29) is 0 Å². The van der Waals surface area contributed by atoms with Crippen molar-refractivity contribution in [2.24, 2.45) is 0 Å². The van der Waals surface area contributed by atoms with Crippen LogP contribution in [0.3, 0.4) is 0 Å². The quantitative estimate of drug-likeness (QED) is 0.373. The van der Waals surface area contributed by atoms with Crippen LogP contribution >= 0.6 is 0 Å². The molecule has 0 saturated heterocycles. The van der Waals surface area contributed by atoms with E-state index in [4.69, 9.17) is 5.11 Å². The van der Waals surface area contributed by atoms with Gasteiger partial charge in [0.05, 0.1) is 0 Å². The van der Waals surface area contributed by atoms with Crippen LogP contribution in [0.2, 0.25) is 0 Å². The van der Waals surface area contributed by atoms with Crippen molar-refractivity contribution in [2.45, 2.75) is 39.0 Å². The molecule has 0 atom stereocenters. The third-order valence-corrected chi connectivity index (χ3v) is 1.86. The first kappa shape index (κ1) is 11.9. The monoisotopic (exact) mass is 182 g/mol. The van der Waals surface area contributed by atoms with E-state index in [1.807, 2.05) is 0 Å². The number of hydrogen-bond acceptors (Lipinski definition) is 1. The molecule has 0 radical (unpaired) electrons. The van der Waals surface area contributed by atoms with Crippen molar-refractivity contribution >= 4 is 5.97 Å². The van der Waals surface area contributed by atoms with E-state index in [2.05, 4.69) is 13.5 Å². The molecule has 0 aliphatic rings. The Morgan fingerprint density at radius 2 is 2.15 bits per heavy atom. The van der Waals surface area contributed by atoms with Gasteiger partial charge in [0.1, 0.15) is 0 Å². The fourth-order valence-corrected chi connectivity index (χ4v) is 1.09. The summed E-state index contributed by atoms with van der Waals surface area (Å²) in [5.41, 5.74) is 0.522. The molecule has 0 bridgehead atoms. The summed E-state index contributed by atoms with van der Waals surface area (Å²) in [6.07, 6.45) is 7.96. The van der Waals surface area contributed by atoms with Crippen LogP contribution < -0.4 is 0 Å². The van der Waals surface area contributed by atoms with Crippen LogP contribution in [0.4, 0.5) is 0 Å². The second-order valence-electron chi connectivity index (χ2n) is 3.02. The number of hydrogen-bond donors (Lipinski definition) is 1. The summed E-state index contributed by atoms with van der Waals surface area (Å²) in [5.74, 6) is -0.794. The molecule has 0 aromatic carbocycles. The summed E-state index contributed by atoms with van der Waals surface area (Å²) in [5, 5.41) is 8.80. The van der Waals surface area contributed by atoms with Gasteiger partial charge in [0.2, 0.25) is 0 Å². The van der Waals surface area contributed by atoms with Crippen LogP contribution in [-0.4, -0.2) is 11.1 Å². The zero-order chi connectivity index (χ0) is 10.1. The number of rotatable bonds is 7. The minimum Gasteiger partial charge on any atom is -0.478 e. The first-order chi connectivity index (χ1) is 6.22. The molecule has 0 fully saturated rings. The Morgan fingerprint density at radius 3 is 2.62 bits per heavy atom. The van der Waals surface area contributed by atoms with E-state index in [9.17, 15) is 4.79 Å². The van der Waals surface area contributed by atoms with E-state index < -0.39 is 5.97 Å². The summed E-state index contributed by atoms with van der Waals surface area (Å²) in [7, 11) is 0. The maximum absolute atomic E-state index is 10.7. The van der Waals surface area contributed by atoms with Gasteiger partial charge < -0.3 is 5.11 Å². The smallest absolute Gasteiger partial charge is 0.331 e. The van der Waals surface area contributed by atoms with Crippen molar-refractivity contribution in [3.8, 4) is 0 Å². The number of allylic oxidation sites excluding steroid dienone is 2. The lowest BCUT2D eigenvalue weighted by atomic mass is 10.1. The number of carboxylic acid groups (broad SMARTS) is 1. The number of carboxylic acids is 1. The molecule has 2 heteroatoms. The molecule has 74 valence electrons. The highest BCUT2D eigenvalue weighted by molar-refractivity contribution is 5.86. The number of aliphatic carboxylic acids is 1. The third kappa shape index (κ3) is 6.14. The summed E-state index contributed by atoms with van der Waals surface area (Å²) < 4.78 is 0. The highest BCUT2D eigenvalue weighted by Crippen LogP contribution is 2.10. The SMILES string of the molecule is C=CC/C=C(/CCCCC)C(=O)O. The van der Waals surface area contributed by atoms with Crippen molar-refractivity contribution < 1.29 is 9.90 Å². The fraction of sp³-hybridized carbons (Fsp3) is 0.545. The van der Waals surface area contributed by atoms with Gasteiger partial charge in [-0.3, -0.25) is 0 Å². The van der Waals surface area contributed by atoms with Crippen molar-refractivity contribution in [1.82, 2.24) is 0 Å². The Balaban J connectivity index is 3.94. The van der Waals surface area contributed by atoms with Gasteiger partial charge >= 0.3 is 5.97 Å². The normalized spacial score (nSPS) is 11.3. The van der Waals surface area contributed by atoms with E-state index in [0.717, 1.165) is 19.3 Å². The van der Waals surface area contributed by atoms with Crippen LogP contribution in [0.25, 0.3) is 0 Å². The first-order valence-corrected chi connectivity index (χ1v) is 4.75. The predicted octanol–water partition coefficient (Wildman–Crippen LogP) is 3.15. The molecule has 0 heterocycles. The molecular weight excluding hydrogens is 164 g/mol. The van der Waals surface area contributed by atoms with Crippen molar-refractivity contribution in [2.75, 3.05) is 0 Å². The highest BCUT2D eigenvalue weighted by Gasteiger charge is 2.04. The van der Waals surface area contributed by atoms with E-state index in [0.29, 0.717) is 18.4 Å². The molecule has 0 aliphatic carbocycles. The molecular formula is C11H18O2. The maximum Gasteiger partial charge on any atom is 0.331 e. The Labute approximate surface area is 80.0 Å². The summed E-state index contributed by atoms with van der Waals surface area (Å²) >= 11 is 0. The van der Waals surface area contributed by atoms with Gasteiger partial charge in [0, 0.05) is 5.57 Å². The predicted molar refractivity (Wildman–Crippen MR) is 54.7 cm³/mol. The van der Waals surface area contributed by atoms with Gasteiger partial charge in [-0.25, -0.2) is 4.79 Å². The van der Waals surface area contributed by atoms with Crippen LogP contribution in [0.1, 0.15) is 39.0 Å². The number of carbonyl (C=O) groups is 1. The molecule has 0 spiro atoms. The molecule has 1 N–H and O–H groups in total. The van der Waals surface area contributed by atoms with Gasteiger partial charge in [0.15, 0.2) is 0 Å². The summed E-state index contributed by atoms with van der Waals surface area (Å²) in [6.45, 7) is 5.66. The van der Waals surface area contributed by atoms with Crippen LogP contribution in [0.15, 0.2) is 24.3 Å².